The summed E-state index contributed by atoms with van der Waals surface area (Å²) in [7, 11) is 1.59. The molecule has 0 aliphatic heterocycles. The minimum absolute atomic E-state index is 0.0425. The number of hydrogen-bond donors (Lipinski definition) is 2. The van der Waals surface area contributed by atoms with Crippen LogP contribution < -0.4 is 15.2 Å². The molecule has 0 saturated heterocycles. The van der Waals surface area contributed by atoms with Crippen molar-refractivity contribution in [3.63, 3.8) is 0 Å². The Morgan fingerprint density at radius 2 is 1.85 bits per heavy atom. The number of aromatic nitrogens is 1. The van der Waals surface area contributed by atoms with E-state index in [1.54, 1.807) is 43.6 Å². The van der Waals surface area contributed by atoms with E-state index in [-0.39, 0.29) is 11.7 Å². The minimum Gasteiger partial charge on any atom is -0.497 e. The molecule has 1 heterocycles. The molecule has 104 valence electrons. The van der Waals surface area contributed by atoms with Crippen molar-refractivity contribution in [2.24, 2.45) is 10.9 Å². The van der Waals surface area contributed by atoms with Gasteiger partial charge in [0.1, 0.15) is 11.5 Å². The number of benzene rings is 1. The zero-order valence-corrected chi connectivity index (χ0v) is 11.2. The fraction of sp³-hybridized carbons (Fsp3) is 0.143. The molecule has 0 fully saturated rings. The quantitative estimate of drug-likeness (QED) is 0.386. The van der Waals surface area contributed by atoms with Crippen molar-refractivity contribution in [2.45, 2.75) is 6.92 Å². The molecule has 0 aliphatic carbocycles. The molecule has 2 aromatic rings. The average molecular weight is 273 g/mol. The molecule has 20 heavy (non-hydrogen) atoms. The Balaban J connectivity index is 2.35. The van der Waals surface area contributed by atoms with Crippen LogP contribution in [-0.2, 0) is 0 Å². The summed E-state index contributed by atoms with van der Waals surface area (Å²) in [5.74, 6) is 1.55. The topological polar surface area (TPSA) is 90.0 Å². The first-order chi connectivity index (χ1) is 9.65. The number of methoxy groups -OCH3 is 1. The molecule has 0 amide bonds. The Kier molecular flexibility index (Phi) is 4.05. The minimum atomic E-state index is -0.0425. The smallest absolute Gasteiger partial charge is 0.230 e. The number of nitrogens with zero attached hydrogens (tertiary/aromatic N) is 2. The highest BCUT2D eigenvalue weighted by Gasteiger charge is 2.13. The molecule has 1 aromatic heterocycles. The molecule has 6 heteroatoms. The van der Waals surface area contributed by atoms with Gasteiger partial charge in [-0.1, -0.05) is 5.16 Å². The lowest BCUT2D eigenvalue weighted by molar-refractivity contribution is 0.318. The van der Waals surface area contributed by atoms with Crippen LogP contribution in [0.5, 0.6) is 17.4 Å². The fourth-order valence-electron chi connectivity index (χ4n) is 1.73. The van der Waals surface area contributed by atoms with Crippen LogP contribution in [0.1, 0.15) is 11.1 Å². The van der Waals surface area contributed by atoms with Gasteiger partial charge < -0.3 is 20.4 Å². The van der Waals surface area contributed by atoms with Crippen LogP contribution in [0.3, 0.4) is 0 Å². The first kappa shape index (κ1) is 13.7. The van der Waals surface area contributed by atoms with E-state index < -0.39 is 0 Å². The monoisotopic (exact) mass is 273 g/mol. The van der Waals surface area contributed by atoms with Gasteiger partial charge in [0.15, 0.2) is 5.84 Å². The van der Waals surface area contributed by atoms with E-state index in [9.17, 15) is 0 Å². The summed E-state index contributed by atoms with van der Waals surface area (Å²) in [4.78, 5) is 4.12. The highest BCUT2D eigenvalue weighted by atomic mass is 16.5. The standard InChI is InChI=1S/C14H15N3O3/c1-9-7-8-16-14(12(9)13(15)17-18)20-11-5-3-10(19-2)4-6-11/h3-8,18H,1-2H3,(H2,15,17). The number of pyridine rings is 1. The number of nitrogens with two attached hydrogens (primary N) is 1. The third-order valence-corrected chi connectivity index (χ3v) is 2.76. The van der Waals surface area contributed by atoms with Gasteiger partial charge >= 0.3 is 0 Å². The van der Waals surface area contributed by atoms with Gasteiger partial charge in [0.25, 0.3) is 0 Å². The van der Waals surface area contributed by atoms with Gasteiger partial charge in [0, 0.05) is 6.20 Å². The van der Waals surface area contributed by atoms with Crippen LogP contribution in [0.4, 0.5) is 0 Å². The van der Waals surface area contributed by atoms with Crippen LogP contribution in [0.15, 0.2) is 41.7 Å². The van der Waals surface area contributed by atoms with E-state index in [1.165, 1.54) is 0 Å². The van der Waals surface area contributed by atoms with E-state index in [4.69, 9.17) is 20.4 Å². The van der Waals surface area contributed by atoms with Crippen LogP contribution in [0.25, 0.3) is 0 Å². The Morgan fingerprint density at radius 3 is 2.45 bits per heavy atom. The predicted molar refractivity (Wildman–Crippen MR) is 74.6 cm³/mol. The zero-order chi connectivity index (χ0) is 14.5. The molecule has 1 aromatic carbocycles. The van der Waals surface area contributed by atoms with Gasteiger partial charge in [-0.05, 0) is 42.8 Å². The molecular weight excluding hydrogens is 258 g/mol. The van der Waals surface area contributed by atoms with Crippen LogP contribution >= 0.6 is 0 Å². The molecule has 0 unspecified atom stereocenters. The molecule has 0 saturated carbocycles. The summed E-state index contributed by atoms with van der Waals surface area (Å²) in [6.45, 7) is 1.83. The number of rotatable bonds is 4. The van der Waals surface area contributed by atoms with Gasteiger partial charge in [-0.2, -0.15) is 0 Å². The predicted octanol–water partition coefficient (Wildman–Crippen LogP) is 2.29. The first-order valence-electron chi connectivity index (χ1n) is 5.91. The normalized spacial score (nSPS) is 11.2. The first-order valence-corrected chi connectivity index (χ1v) is 5.91. The van der Waals surface area contributed by atoms with Gasteiger partial charge in [-0.3, -0.25) is 0 Å². The van der Waals surface area contributed by atoms with Crippen molar-refractivity contribution in [1.82, 2.24) is 4.98 Å². The van der Waals surface area contributed by atoms with Crippen molar-refractivity contribution >= 4 is 5.84 Å². The molecule has 0 aliphatic rings. The molecule has 0 spiro atoms. The number of oxime groups is 1. The average Bonchev–Trinajstić information content (AvgIpc) is 2.47. The van der Waals surface area contributed by atoms with Gasteiger partial charge in [0.05, 0.1) is 12.7 Å². The number of ether oxygens (including phenoxy) is 2. The summed E-state index contributed by atoms with van der Waals surface area (Å²) in [5.41, 5.74) is 6.92. The maximum atomic E-state index is 8.83. The van der Waals surface area contributed by atoms with Crippen molar-refractivity contribution in [3.05, 3.63) is 47.7 Å². The number of hydrogen-bond acceptors (Lipinski definition) is 5. The second kappa shape index (κ2) is 5.92. The number of aryl methyl sites for hydroxylation is 1. The third-order valence-electron chi connectivity index (χ3n) is 2.76. The second-order valence-electron chi connectivity index (χ2n) is 4.07. The van der Waals surface area contributed by atoms with Gasteiger partial charge in [-0.25, -0.2) is 4.98 Å². The van der Waals surface area contributed by atoms with Crippen molar-refractivity contribution in [2.75, 3.05) is 7.11 Å². The zero-order valence-electron chi connectivity index (χ0n) is 11.2. The van der Waals surface area contributed by atoms with Crippen molar-refractivity contribution < 1.29 is 14.7 Å². The molecule has 0 radical (unpaired) electrons. The van der Waals surface area contributed by atoms with Crippen LogP contribution in [0, 0.1) is 6.92 Å². The second-order valence-corrected chi connectivity index (χ2v) is 4.07. The largest absolute Gasteiger partial charge is 0.497 e. The molecule has 2 rings (SSSR count). The Hall–Kier alpha value is -2.76. The Morgan fingerprint density at radius 1 is 1.20 bits per heavy atom. The van der Waals surface area contributed by atoms with E-state index in [2.05, 4.69) is 10.1 Å². The lowest BCUT2D eigenvalue weighted by atomic mass is 10.1. The molecule has 6 nitrogen and oxygen atoms in total. The lowest BCUT2D eigenvalue weighted by Gasteiger charge is -2.11. The maximum Gasteiger partial charge on any atom is 0.230 e. The van der Waals surface area contributed by atoms with E-state index in [0.29, 0.717) is 11.3 Å². The summed E-state index contributed by atoms with van der Waals surface area (Å²) in [6, 6.07) is 8.80. The van der Waals surface area contributed by atoms with Gasteiger partial charge in [0.2, 0.25) is 5.88 Å². The van der Waals surface area contributed by atoms with Crippen LogP contribution in [-0.4, -0.2) is 23.1 Å². The van der Waals surface area contributed by atoms with Gasteiger partial charge in [-0.15, -0.1) is 0 Å². The van der Waals surface area contributed by atoms with E-state index in [1.807, 2.05) is 6.92 Å². The molecule has 3 N–H and O–H groups in total. The summed E-state index contributed by atoms with van der Waals surface area (Å²) < 4.78 is 10.7. The van der Waals surface area contributed by atoms with E-state index >= 15 is 0 Å². The highest BCUT2D eigenvalue weighted by Crippen LogP contribution is 2.26. The summed E-state index contributed by atoms with van der Waals surface area (Å²) >= 11 is 0. The SMILES string of the molecule is COc1ccc(Oc2nccc(C)c2/C(N)=N/O)cc1. The maximum absolute atomic E-state index is 8.83. The van der Waals surface area contributed by atoms with Crippen LogP contribution in [0.2, 0.25) is 0 Å². The van der Waals surface area contributed by atoms with E-state index in [0.717, 1.165) is 11.3 Å². The van der Waals surface area contributed by atoms with Crippen molar-refractivity contribution in [1.29, 1.82) is 0 Å². The third kappa shape index (κ3) is 2.80. The fourth-order valence-corrected chi connectivity index (χ4v) is 1.73. The molecule has 0 bridgehead atoms. The Bertz CT molecular complexity index is 624. The molecule has 0 atom stereocenters. The Labute approximate surface area is 116 Å². The molecular formula is C14H15N3O3. The lowest BCUT2D eigenvalue weighted by Crippen LogP contribution is -2.16. The summed E-state index contributed by atoms with van der Waals surface area (Å²) in [5, 5.41) is 11.8. The number of amidine groups is 1. The summed E-state index contributed by atoms with van der Waals surface area (Å²) in [6.07, 6.45) is 1.60. The highest BCUT2D eigenvalue weighted by molar-refractivity contribution is 6.00. The van der Waals surface area contributed by atoms with Crippen molar-refractivity contribution in [3.8, 4) is 17.4 Å².